The third-order valence-corrected chi connectivity index (χ3v) is 3.71. The molecule has 0 amide bonds. The van der Waals surface area contributed by atoms with E-state index in [1.165, 1.54) is 11.6 Å². The van der Waals surface area contributed by atoms with Crippen LogP contribution in [0.4, 0.5) is 0 Å². The van der Waals surface area contributed by atoms with Crippen molar-refractivity contribution in [3.05, 3.63) is 20.8 Å². The quantitative estimate of drug-likeness (QED) is 0.628. The second-order valence-corrected chi connectivity index (χ2v) is 5.31. The second-order valence-electron chi connectivity index (χ2n) is 5.31. The van der Waals surface area contributed by atoms with Crippen molar-refractivity contribution in [1.82, 2.24) is 29.3 Å². The number of likely N-dealkylation sites (N-methyl/N-ethyl adjacent to an activating group) is 2. The van der Waals surface area contributed by atoms with Gasteiger partial charge in [0.25, 0.3) is 11.6 Å². The molecule has 128 valence electrons. The first kappa shape index (κ1) is 17.2. The second kappa shape index (κ2) is 6.97. The molecule has 2 heterocycles. The third kappa shape index (κ3) is 3.15. The van der Waals surface area contributed by atoms with Crippen LogP contribution in [-0.2, 0) is 21.1 Å². The van der Waals surface area contributed by atoms with Crippen LogP contribution in [0.15, 0.2) is 9.59 Å². The first-order valence-electron chi connectivity index (χ1n) is 7.64. The van der Waals surface area contributed by atoms with Crippen molar-refractivity contribution in [3.8, 4) is 6.01 Å². The van der Waals surface area contributed by atoms with Gasteiger partial charge in [-0.1, -0.05) is 13.8 Å². The average Bonchev–Trinajstić information content (AvgIpc) is 2.86. The van der Waals surface area contributed by atoms with Crippen LogP contribution < -0.4 is 26.6 Å². The van der Waals surface area contributed by atoms with Crippen molar-refractivity contribution in [2.24, 2.45) is 21.1 Å². The highest BCUT2D eigenvalue weighted by molar-refractivity contribution is 5.71. The minimum atomic E-state index is -0.412. The molecule has 23 heavy (non-hydrogen) atoms. The molecule has 2 N–H and O–H groups in total. The Morgan fingerprint density at radius 3 is 2.22 bits per heavy atom. The van der Waals surface area contributed by atoms with Gasteiger partial charge in [0.1, 0.15) is 6.61 Å². The molecule has 0 radical (unpaired) electrons. The Labute approximate surface area is 133 Å². The molecule has 9 nitrogen and oxygen atoms in total. The molecule has 0 aromatic carbocycles. The van der Waals surface area contributed by atoms with Crippen LogP contribution >= 0.6 is 0 Å². The molecule has 0 spiro atoms. The molecule has 0 saturated carbocycles. The standard InChI is InChI=1S/C14H24N6O3/c1-6-15-9(16-7-2)8-23-13-17-11-10(18(13)3)12(21)20(5)14(22)19(11)4/h9,15-16H,6-8H2,1-5H3. The molecule has 0 atom stereocenters. The van der Waals surface area contributed by atoms with E-state index in [-0.39, 0.29) is 11.7 Å². The zero-order valence-corrected chi connectivity index (χ0v) is 14.2. The Kier molecular flexibility index (Phi) is 5.22. The fraction of sp³-hybridized carbons (Fsp3) is 0.643. The van der Waals surface area contributed by atoms with Crippen LogP contribution in [-0.4, -0.2) is 44.5 Å². The first-order valence-corrected chi connectivity index (χ1v) is 7.64. The Morgan fingerprint density at radius 2 is 1.65 bits per heavy atom. The SMILES string of the molecule is CCNC(COc1nc2c(c(=O)n(C)c(=O)n2C)n1C)NCC. The van der Waals surface area contributed by atoms with Gasteiger partial charge in [0.05, 0.1) is 6.17 Å². The van der Waals surface area contributed by atoms with Crippen LogP contribution in [0.1, 0.15) is 13.8 Å². The van der Waals surface area contributed by atoms with E-state index in [1.807, 2.05) is 13.8 Å². The summed E-state index contributed by atoms with van der Waals surface area (Å²) in [4.78, 5) is 28.6. The summed E-state index contributed by atoms with van der Waals surface area (Å²) in [5, 5.41) is 6.51. The highest BCUT2D eigenvalue weighted by Crippen LogP contribution is 2.15. The van der Waals surface area contributed by atoms with Crippen molar-refractivity contribution in [1.29, 1.82) is 0 Å². The largest absolute Gasteiger partial charge is 0.462 e. The molecule has 9 heteroatoms. The van der Waals surface area contributed by atoms with E-state index in [9.17, 15) is 9.59 Å². The van der Waals surface area contributed by atoms with Crippen molar-refractivity contribution in [2.45, 2.75) is 20.0 Å². The van der Waals surface area contributed by atoms with Crippen LogP contribution in [0, 0.1) is 0 Å². The Hall–Kier alpha value is -2.13. The number of nitrogens with zero attached hydrogens (tertiary/aromatic N) is 4. The summed E-state index contributed by atoms with van der Waals surface area (Å²) in [5.74, 6) is 0. The van der Waals surface area contributed by atoms with Gasteiger partial charge in [0.2, 0.25) is 0 Å². The third-order valence-electron chi connectivity index (χ3n) is 3.71. The Balaban J connectivity index is 2.38. The number of hydrogen-bond donors (Lipinski definition) is 2. The maximum atomic E-state index is 12.3. The fourth-order valence-electron chi connectivity index (χ4n) is 2.47. The van der Waals surface area contributed by atoms with E-state index in [4.69, 9.17) is 4.74 Å². The number of imidazole rings is 1. The summed E-state index contributed by atoms with van der Waals surface area (Å²) < 4.78 is 9.72. The number of nitrogens with one attached hydrogen (secondary N) is 2. The van der Waals surface area contributed by atoms with Crippen molar-refractivity contribution < 1.29 is 4.74 Å². The van der Waals surface area contributed by atoms with Gasteiger partial charge < -0.3 is 4.74 Å². The summed E-state index contributed by atoms with van der Waals surface area (Å²) >= 11 is 0. The molecule has 0 unspecified atom stereocenters. The molecule has 0 fully saturated rings. The topological polar surface area (TPSA) is 95.1 Å². The number of ether oxygens (including phenoxy) is 1. The number of aryl methyl sites for hydroxylation is 2. The van der Waals surface area contributed by atoms with Crippen LogP contribution in [0.3, 0.4) is 0 Å². The molecule has 0 bridgehead atoms. The van der Waals surface area contributed by atoms with E-state index in [1.54, 1.807) is 18.7 Å². The summed E-state index contributed by atoms with van der Waals surface area (Å²) in [6.07, 6.45) is -0.0172. The van der Waals surface area contributed by atoms with Gasteiger partial charge in [0.15, 0.2) is 11.2 Å². The van der Waals surface area contributed by atoms with E-state index >= 15 is 0 Å². The van der Waals surface area contributed by atoms with E-state index < -0.39 is 5.69 Å². The Morgan fingerprint density at radius 1 is 1.04 bits per heavy atom. The lowest BCUT2D eigenvalue weighted by Crippen LogP contribution is -2.46. The van der Waals surface area contributed by atoms with Crippen molar-refractivity contribution in [3.63, 3.8) is 0 Å². The van der Waals surface area contributed by atoms with Gasteiger partial charge in [0, 0.05) is 21.1 Å². The maximum absolute atomic E-state index is 12.3. The van der Waals surface area contributed by atoms with E-state index in [0.717, 1.165) is 17.7 Å². The van der Waals surface area contributed by atoms with Crippen molar-refractivity contribution in [2.75, 3.05) is 19.7 Å². The van der Waals surface area contributed by atoms with Gasteiger partial charge in [-0.3, -0.25) is 29.1 Å². The van der Waals surface area contributed by atoms with Crippen LogP contribution in [0.25, 0.3) is 11.2 Å². The van der Waals surface area contributed by atoms with Gasteiger partial charge >= 0.3 is 5.69 Å². The predicted molar refractivity (Wildman–Crippen MR) is 87.8 cm³/mol. The minimum absolute atomic E-state index is 0.0172. The van der Waals surface area contributed by atoms with Gasteiger partial charge in [-0.15, -0.1) is 0 Å². The number of hydrogen-bond acceptors (Lipinski definition) is 6. The van der Waals surface area contributed by atoms with Gasteiger partial charge in [-0.25, -0.2) is 4.79 Å². The Bertz CT molecular complexity index is 797. The van der Waals surface area contributed by atoms with Gasteiger partial charge in [-0.05, 0) is 13.1 Å². The van der Waals surface area contributed by atoms with Crippen LogP contribution in [0.5, 0.6) is 6.01 Å². The highest BCUT2D eigenvalue weighted by atomic mass is 16.5. The number of aromatic nitrogens is 4. The molecule has 0 aliphatic heterocycles. The van der Waals surface area contributed by atoms with E-state index in [0.29, 0.717) is 23.8 Å². The van der Waals surface area contributed by atoms with Crippen molar-refractivity contribution >= 4 is 11.2 Å². The zero-order valence-electron chi connectivity index (χ0n) is 14.2. The molecule has 0 saturated heterocycles. The predicted octanol–water partition coefficient (Wildman–Crippen LogP) is -1.11. The summed E-state index contributed by atoms with van der Waals surface area (Å²) in [5.41, 5.74) is -0.139. The lowest BCUT2D eigenvalue weighted by molar-refractivity contribution is 0.222. The monoisotopic (exact) mass is 324 g/mol. The maximum Gasteiger partial charge on any atom is 0.332 e. The molecule has 0 aliphatic carbocycles. The highest BCUT2D eigenvalue weighted by Gasteiger charge is 2.18. The van der Waals surface area contributed by atoms with E-state index in [2.05, 4.69) is 15.6 Å². The lowest BCUT2D eigenvalue weighted by Gasteiger charge is -2.18. The minimum Gasteiger partial charge on any atom is -0.462 e. The molecule has 2 rings (SSSR count). The molecule has 2 aromatic rings. The average molecular weight is 324 g/mol. The number of fused-ring (bicyclic) bond motifs is 1. The zero-order chi connectivity index (χ0) is 17.1. The summed E-state index contributed by atoms with van der Waals surface area (Å²) in [6, 6.07) is 0.305. The molecule has 2 aromatic heterocycles. The normalized spacial score (nSPS) is 11.6. The molecular formula is C14H24N6O3. The number of rotatable bonds is 7. The summed E-state index contributed by atoms with van der Waals surface area (Å²) in [6.45, 7) is 5.99. The lowest BCUT2D eigenvalue weighted by atomic mass is 10.5. The first-order chi connectivity index (χ1) is 10.9. The summed E-state index contributed by atoms with van der Waals surface area (Å²) in [7, 11) is 4.73. The van der Waals surface area contributed by atoms with Crippen LogP contribution in [0.2, 0.25) is 0 Å². The molecular weight excluding hydrogens is 300 g/mol. The van der Waals surface area contributed by atoms with Gasteiger partial charge in [-0.2, -0.15) is 4.98 Å². The molecule has 0 aliphatic rings. The smallest absolute Gasteiger partial charge is 0.332 e. The fourth-order valence-corrected chi connectivity index (χ4v) is 2.47.